The van der Waals surface area contributed by atoms with Crippen molar-refractivity contribution in [3.05, 3.63) is 0 Å². The Bertz CT molecular complexity index is 1400. The zero-order valence-corrected chi connectivity index (χ0v) is 37.1. The molecule has 55 heavy (non-hydrogen) atoms. The van der Waals surface area contributed by atoms with Crippen molar-refractivity contribution in [2.75, 3.05) is 0 Å². The van der Waals surface area contributed by atoms with Crippen LogP contribution >= 0.6 is 0 Å². The summed E-state index contributed by atoms with van der Waals surface area (Å²) in [5.74, 6) is -5.14. The van der Waals surface area contributed by atoms with Gasteiger partial charge in [0.05, 0.1) is 28.1 Å². The van der Waals surface area contributed by atoms with Gasteiger partial charge >= 0.3 is 23.9 Å². The summed E-state index contributed by atoms with van der Waals surface area (Å²) in [7, 11) is 0. The lowest BCUT2D eigenvalue weighted by Gasteiger charge is -2.33. The van der Waals surface area contributed by atoms with Crippen LogP contribution in [-0.4, -0.2) is 92.6 Å². The molecule has 12 nitrogen and oxygen atoms in total. The number of hydrogen-bond acceptors (Lipinski definition) is 12. The summed E-state index contributed by atoms with van der Waals surface area (Å²) in [5, 5.41) is 14.2. The topological polar surface area (TPSA) is 153 Å². The summed E-state index contributed by atoms with van der Waals surface area (Å²) >= 11 is 0. The van der Waals surface area contributed by atoms with Crippen LogP contribution < -0.4 is 21.3 Å². The summed E-state index contributed by atoms with van der Waals surface area (Å²) < 4.78 is 24.6. The molecule has 0 aliphatic carbocycles. The normalized spacial score (nSPS) is 31.3. The van der Waals surface area contributed by atoms with Crippen LogP contribution in [0.15, 0.2) is 0 Å². The molecule has 0 radical (unpaired) electrons. The molecule has 0 saturated carbocycles. The van der Waals surface area contributed by atoms with Gasteiger partial charge in [-0.15, -0.1) is 0 Å². The van der Waals surface area contributed by atoms with Crippen LogP contribution in [0.3, 0.4) is 0 Å². The highest BCUT2D eigenvalue weighted by atomic mass is 16.6. The number of nitrogens with one attached hydrogen (secondary N) is 4. The molecule has 0 spiro atoms. The van der Waals surface area contributed by atoms with E-state index in [1.165, 1.54) is 0 Å². The van der Waals surface area contributed by atoms with Crippen LogP contribution in [0.4, 0.5) is 0 Å². The van der Waals surface area contributed by atoms with Gasteiger partial charge in [-0.1, -0.05) is 12.8 Å². The van der Waals surface area contributed by atoms with Crippen LogP contribution in [-0.2, 0) is 38.1 Å². The van der Waals surface area contributed by atoms with Crippen LogP contribution in [0.25, 0.3) is 0 Å². The lowest BCUT2D eigenvalue weighted by atomic mass is 9.86. The zero-order chi connectivity index (χ0) is 41.8. The molecule has 4 N–H and O–H groups in total. The first-order chi connectivity index (χ1) is 24.8. The first-order valence-electron chi connectivity index (χ1n) is 20.7. The SMILES string of the molecule is CC1(C)CC(OC(=O)CCCCCC(C(=O)OC2CC(C)(C)NC2(C)C)C(C(=O)OC2CC(C)(C)NC2(C)C)C(=O)OC2CC(C)(C)NC2(C)C)C(C)(C)N1. The molecule has 4 aliphatic heterocycles. The van der Waals surface area contributed by atoms with E-state index < -0.39 is 64.7 Å². The quantitative estimate of drug-likeness (QED) is 0.0707. The van der Waals surface area contributed by atoms with Crippen molar-refractivity contribution in [1.29, 1.82) is 0 Å². The van der Waals surface area contributed by atoms with Gasteiger partial charge in [-0.05, 0) is 124 Å². The van der Waals surface area contributed by atoms with Crippen molar-refractivity contribution in [3.63, 3.8) is 0 Å². The molecule has 4 rings (SSSR count). The number of rotatable bonds is 14. The van der Waals surface area contributed by atoms with Crippen molar-refractivity contribution >= 4 is 23.9 Å². The highest BCUT2D eigenvalue weighted by Gasteiger charge is 2.54. The Morgan fingerprint density at radius 3 is 1.07 bits per heavy atom. The van der Waals surface area contributed by atoms with Crippen LogP contribution in [0.2, 0.25) is 0 Å². The van der Waals surface area contributed by atoms with Crippen molar-refractivity contribution in [2.45, 2.75) is 237 Å². The van der Waals surface area contributed by atoms with E-state index in [2.05, 4.69) is 49.0 Å². The summed E-state index contributed by atoms with van der Waals surface area (Å²) in [6.45, 7) is 32.5. The summed E-state index contributed by atoms with van der Waals surface area (Å²) in [6, 6.07) is 0. The molecule has 0 aromatic heterocycles. The summed E-state index contributed by atoms with van der Waals surface area (Å²) in [4.78, 5) is 56.5. The van der Waals surface area contributed by atoms with Gasteiger partial charge in [0.1, 0.15) is 24.4 Å². The Morgan fingerprint density at radius 1 is 0.455 bits per heavy atom. The fraction of sp³-hybridized carbons (Fsp3) is 0.907. The molecule has 0 aromatic rings. The fourth-order valence-corrected chi connectivity index (χ4v) is 10.2. The van der Waals surface area contributed by atoms with E-state index in [4.69, 9.17) is 18.9 Å². The van der Waals surface area contributed by atoms with Crippen LogP contribution in [0.1, 0.15) is 169 Å². The van der Waals surface area contributed by atoms with E-state index in [0.717, 1.165) is 6.42 Å². The second kappa shape index (κ2) is 15.5. The van der Waals surface area contributed by atoms with Gasteiger partial charge in [-0.3, -0.25) is 19.2 Å². The molecule has 5 unspecified atom stereocenters. The van der Waals surface area contributed by atoms with Gasteiger partial charge in [0.25, 0.3) is 0 Å². The fourth-order valence-electron chi connectivity index (χ4n) is 10.2. The second-order valence-corrected chi connectivity index (χ2v) is 22.2. The number of esters is 4. The number of unbranched alkanes of at least 4 members (excludes halogenated alkanes) is 2. The minimum absolute atomic E-state index is 0.128. The van der Waals surface area contributed by atoms with E-state index in [-0.39, 0.29) is 52.6 Å². The maximum Gasteiger partial charge on any atom is 0.321 e. The van der Waals surface area contributed by atoms with E-state index in [1.54, 1.807) is 0 Å². The van der Waals surface area contributed by atoms with E-state index in [9.17, 15) is 19.2 Å². The smallest absolute Gasteiger partial charge is 0.321 e. The zero-order valence-electron chi connectivity index (χ0n) is 37.1. The highest BCUT2D eigenvalue weighted by Crippen LogP contribution is 2.39. The van der Waals surface area contributed by atoms with Crippen molar-refractivity contribution in [3.8, 4) is 0 Å². The van der Waals surface area contributed by atoms with Gasteiger partial charge in [-0.25, -0.2) is 0 Å². The Hall–Kier alpha value is -2.28. The largest absolute Gasteiger partial charge is 0.460 e. The minimum atomic E-state index is -1.54. The van der Waals surface area contributed by atoms with Gasteiger partial charge in [0, 0.05) is 54.3 Å². The lowest BCUT2D eigenvalue weighted by molar-refractivity contribution is -0.181. The monoisotopic (exact) mass is 777 g/mol. The number of hydrogen-bond donors (Lipinski definition) is 4. The van der Waals surface area contributed by atoms with Crippen LogP contribution in [0, 0.1) is 11.8 Å². The van der Waals surface area contributed by atoms with Gasteiger partial charge in [0.2, 0.25) is 0 Å². The van der Waals surface area contributed by atoms with Crippen molar-refractivity contribution < 1.29 is 38.1 Å². The Labute approximate surface area is 331 Å². The average molecular weight is 777 g/mol. The van der Waals surface area contributed by atoms with Gasteiger partial charge in [0.15, 0.2) is 5.92 Å². The predicted molar refractivity (Wildman–Crippen MR) is 213 cm³/mol. The molecule has 5 atom stereocenters. The Morgan fingerprint density at radius 2 is 0.764 bits per heavy atom. The molecule has 0 bridgehead atoms. The molecule has 0 aromatic carbocycles. The standard InChI is InChI=1S/C43H76N4O8/c1-36(2)22-27(40(9,10)44-36)52-31(48)21-19-17-18-20-26(33(49)53-28-23-37(3,4)45-41(28,11)12)32(34(50)54-29-24-38(5,6)46-42(29,13)14)35(51)55-30-25-39(7,8)47-43(30,15)16/h26-30,32,44-47H,17-25H2,1-16H3. The van der Waals surface area contributed by atoms with Crippen molar-refractivity contribution in [2.24, 2.45) is 11.8 Å². The third-order valence-corrected chi connectivity index (χ3v) is 12.3. The number of carbonyl (C=O) groups is 4. The first kappa shape index (κ1) is 45.4. The summed E-state index contributed by atoms with van der Waals surface area (Å²) in [6.07, 6.45) is 2.55. The molecule has 12 heteroatoms. The van der Waals surface area contributed by atoms with Crippen LogP contribution in [0.5, 0.6) is 0 Å². The van der Waals surface area contributed by atoms with Crippen molar-refractivity contribution in [1.82, 2.24) is 21.3 Å². The molecule has 4 fully saturated rings. The van der Waals surface area contributed by atoms with E-state index in [0.29, 0.717) is 38.5 Å². The molecular weight excluding hydrogens is 700 g/mol. The maximum absolute atomic E-state index is 14.5. The van der Waals surface area contributed by atoms with Gasteiger partial charge in [-0.2, -0.15) is 0 Å². The Kier molecular flexibility index (Phi) is 12.8. The van der Waals surface area contributed by atoms with E-state index >= 15 is 0 Å². The maximum atomic E-state index is 14.5. The average Bonchev–Trinajstić information content (AvgIpc) is 3.49. The molecule has 0 amide bonds. The molecule has 316 valence electrons. The number of carbonyl (C=O) groups excluding carboxylic acids is 4. The Balaban J connectivity index is 1.57. The minimum Gasteiger partial charge on any atom is -0.460 e. The van der Waals surface area contributed by atoms with Gasteiger partial charge < -0.3 is 40.2 Å². The van der Waals surface area contributed by atoms with E-state index in [1.807, 2.05) is 83.1 Å². The third-order valence-electron chi connectivity index (χ3n) is 12.3. The molecule has 4 heterocycles. The molecular formula is C43H76N4O8. The number of ether oxygens (including phenoxy) is 4. The second-order valence-electron chi connectivity index (χ2n) is 22.2. The third kappa shape index (κ3) is 11.4. The lowest BCUT2D eigenvalue weighted by Crippen LogP contribution is -2.51. The molecule has 4 aliphatic rings. The first-order valence-corrected chi connectivity index (χ1v) is 20.7. The predicted octanol–water partition coefficient (Wildman–Crippen LogP) is 6.02. The highest BCUT2D eigenvalue weighted by molar-refractivity contribution is 5.99. The summed E-state index contributed by atoms with van der Waals surface area (Å²) in [5.41, 5.74) is -3.01. The molecule has 4 saturated heterocycles.